The van der Waals surface area contributed by atoms with E-state index in [2.05, 4.69) is 25.3 Å². The van der Waals surface area contributed by atoms with Crippen molar-refractivity contribution in [1.29, 1.82) is 0 Å². The van der Waals surface area contributed by atoms with Crippen molar-refractivity contribution >= 4 is 22.6 Å². The molecule has 0 aliphatic heterocycles. The Bertz CT molecular complexity index is 560. The maximum absolute atomic E-state index is 6.16. The predicted molar refractivity (Wildman–Crippen MR) is 81.7 cm³/mol. The Hall–Kier alpha value is -1.06. The van der Waals surface area contributed by atoms with E-state index >= 15 is 0 Å². The Kier molecular flexibility index (Phi) is 4.48. The maximum atomic E-state index is 6.16. The summed E-state index contributed by atoms with van der Waals surface area (Å²) in [5, 5.41) is 0.727. The van der Waals surface area contributed by atoms with Gasteiger partial charge in [-0.05, 0) is 38.5 Å². The molecular weight excluding hydrogens is 258 g/mol. The summed E-state index contributed by atoms with van der Waals surface area (Å²) in [6.07, 6.45) is 2.95. The molecule has 0 spiro atoms. The third-order valence-corrected chi connectivity index (χ3v) is 3.58. The molecule has 19 heavy (non-hydrogen) atoms. The maximum Gasteiger partial charge on any atom is 0.111 e. The number of hydrogen-bond acceptors (Lipinski definition) is 2. The van der Waals surface area contributed by atoms with E-state index in [-0.39, 0.29) is 6.04 Å². The van der Waals surface area contributed by atoms with Gasteiger partial charge in [-0.25, -0.2) is 4.98 Å². The van der Waals surface area contributed by atoms with E-state index in [0.717, 1.165) is 41.1 Å². The molecule has 2 aromatic rings. The second-order valence-corrected chi connectivity index (χ2v) is 5.81. The van der Waals surface area contributed by atoms with Gasteiger partial charge in [-0.3, -0.25) is 0 Å². The summed E-state index contributed by atoms with van der Waals surface area (Å²) in [5.74, 6) is 1.06. The van der Waals surface area contributed by atoms with Gasteiger partial charge in [-0.2, -0.15) is 0 Å². The molecule has 0 saturated carbocycles. The number of aromatic nitrogens is 2. The second-order valence-electron chi connectivity index (χ2n) is 5.38. The molecule has 1 unspecified atom stereocenters. The van der Waals surface area contributed by atoms with Crippen LogP contribution in [0.3, 0.4) is 0 Å². The zero-order valence-electron chi connectivity index (χ0n) is 11.9. The van der Waals surface area contributed by atoms with E-state index < -0.39 is 0 Å². The van der Waals surface area contributed by atoms with Crippen LogP contribution in [0.2, 0.25) is 5.02 Å². The van der Waals surface area contributed by atoms with Gasteiger partial charge in [0.25, 0.3) is 0 Å². The Morgan fingerprint density at radius 3 is 2.74 bits per heavy atom. The van der Waals surface area contributed by atoms with E-state index in [1.165, 1.54) is 0 Å². The molecule has 2 N–H and O–H groups in total. The lowest BCUT2D eigenvalue weighted by Crippen LogP contribution is -2.24. The fourth-order valence-electron chi connectivity index (χ4n) is 2.55. The molecule has 0 aliphatic rings. The summed E-state index contributed by atoms with van der Waals surface area (Å²) in [5.41, 5.74) is 8.25. The van der Waals surface area contributed by atoms with Crippen LogP contribution in [0.5, 0.6) is 0 Å². The van der Waals surface area contributed by atoms with Crippen molar-refractivity contribution in [2.75, 3.05) is 0 Å². The van der Waals surface area contributed by atoms with Crippen LogP contribution in [0.4, 0.5) is 0 Å². The highest BCUT2D eigenvalue weighted by atomic mass is 35.5. The number of benzene rings is 1. The molecule has 0 aliphatic carbocycles. The molecule has 0 amide bonds. The van der Waals surface area contributed by atoms with Gasteiger partial charge in [0.2, 0.25) is 0 Å². The van der Waals surface area contributed by atoms with Gasteiger partial charge in [0.05, 0.1) is 11.0 Å². The molecule has 0 bridgehead atoms. The van der Waals surface area contributed by atoms with Crippen LogP contribution in [0, 0.1) is 0 Å². The highest BCUT2D eigenvalue weighted by Gasteiger charge is 2.15. The molecule has 2 rings (SSSR count). The number of imidazole rings is 1. The van der Waals surface area contributed by atoms with Crippen molar-refractivity contribution in [1.82, 2.24) is 9.55 Å². The van der Waals surface area contributed by atoms with Crippen LogP contribution in [0.1, 0.15) is 45.5 Å². The molecule has 3 nitrogen and oxygen atoms in total. The lowest BCUT2D eigenvalue weighted by Gasteiger charge is -2.15. The number of rotatable bonds is 5. The quantitative estimate of drug-likeness (QED) is 0.901. The normalized spacial score (nSPS) is 13.4. The predicted octanol–water partition coefficient (Wildman–Crippen LogP) is 3.94. The Balaban J connectivity index is 2.44. The van der Waals surface area contributed by atoms with Crippen LogP contribution in [-0.4, -0.2) is 15.6 Å². The minimum absolute atomic E-state index is 0.176. The third-order valence-electron chi connectivity index (χ3n) is 3.35. The Morgan fingerprint density at radius 1 is 1.37 bits per heavy atom. The van der Waals surface area contributed by atoms with E-state index in [1.54, 1.807) is 0 Å². The van der Waals surface area contributed by atoms with Crippen molar-refractivity contribution in [2.45, 2.75) is 52.1 Å². The molecule has 1 atom stereocenters. The van der Waals surface area contributed by atoms with Gasteiger partial charge >= 0.3 is 0 Å². The number of halogens is 1. The monoisotopic (exact) mass is 279 g/mol. The third kappa shape index (κ3) is 3.10. The molecule has 0 fully saturated rings. The SMILES string of the molecule is CCCC(N)Cc1nc2cc(Cl)ccc2n1C(C)C. The van der Waals surface area contributed by atoms with E-state index in [4.69, 9.17) is 22.3 Å². The highest BCUT2D eigenvalue weighted by Crippen LogP contribution is 2.24. The standard InChI is InChI=1S/C15H22ClN3/c1-4-5-12(17)9-15-18-13-8-11(16)6-7-14(13)19(15)10(2)3/h6-8,10,12H,4-5,9,17H2,1-3H3. The highest BCUT2D eigenvalue weighted by molar-refractivity contribution is 6.31. The van der Waals surface area contributed by atoms with E-state index in [9.17, 15) is 0 Å². The molecule has 1 aromatic carbocycles. The molecule has 4 heteroatoms. The molecule has 0 saturated heterocycles. The topological polar surface area (TPSA) is 43.8 Å². The van der Waals surface area contributed by atoms with E-state index in [1.807, 2.05) is 18.2 Å². The lowest BCUT2D eigenvalue weighted by molar-refractivity contribution is 0.533. The first kappa shape index (κ1) is 14.4. The van der Waals surface area contributed by atoms with Crippen LogP contribution in [0.25, 0.3) is 11.0 Å². The minimum atomic E-state index is 0.176. The first-order chi connectivity index (χ1) is 9.02. The van der Waals surface area contributed by atoms with Crippen LogP contribution >= 0.6 is 11.6 Å². The zero-order chi connectivity index (χ0) is 14.0. The number of fused-ring (bicyclic) bond motifs is 1. The van der Waals surface area contributed by atoms with Crippen LogP contribution < -0.4 is 5.73 Å². The summed E-state index contributed by atoms with van der Waals surface area (Å²) in [6, 6.07) is 6.43. The first-order valence-electron chi connectivity index (χ1n) is 6.94. The van der Waals surface area contributed by atoms with Gasteiger partial charge in [0.15, 0.2) is 0 Å². The summed E-state index contributed by atoms with van der Waals surface area (Å²) in [6.45, 7) is 6.50. The smallest absolute Gasteiger partial charge is 0.111 e. The Labute approximate surface area is 119 Å². The van der Waals surface area contributed by atoms with Gasteiger partial charge < -0.3 is 10.3 Å². The molecular formula is C15H22ClN3. The van der Waals surface area contributed by atoms with Crippen molar-refractivity contribution in [3.05, 3.63) is 29.0 Å². The van der Waals surface area contributed by atoms with Crippen molar-refractivity contribution in [2.24, 2.45) is 5.73 Å². The summed E-state index contributed by atoms with van der Waals surface area (Å²) in [4.78, 5) is 4.72. The lowest BCUT2D eigenvalue weighted by atomic mass is 10.1. The number of nitrogens with two attached hydrogens (primary N) is 1. The fourth-order valence-corrected chi connectivity index (χ4v) is 2.72. The average Bonchev–Trinajstić information content (AvgIpc) is 2.65. The van der Waals surface area contributed by atoms with Crippen molar-refractivity contribution in [3.8, 4) is 0 Å². The minimum Gasteiger partial charge on any atom is -0.327 e. The number of hydrogen-bond donors (Lipinski definition) is 1. The van der Waals surface area contributed by atoms with Gasteiger partial charge in [0, 0.05) is 23.5 Å². The molecule has 1 heterocycles. The van der Waals surface area contributed by atoms with Crippen LogP contribution in [-0.2, 0) is 6.42 Å². The average molecular weight is 280 g/mol. The summed E-state index contributed by atoms with van der Waals surface area (Å²) < 4.78 is 2.27. The summed E-state index contributed by atoms with van der Waals surface area (Å²) in [7, 11) is 0. The molecule has 104 valence electrons. The van der Waals surface area contributed by atoms with Gasteiger partial charge in [-0.15, -0.1) is 0 Å². The molecule has 1 aromatic heterocycles. The Morgan fingerprint density at radius 2 is 2.11 bits per heavy atom. The first-order valence-corrected chi connectivity index (χ1v) is 7.32. The van der Waals surface area contributed by atoms with Crippen molar-refractivity contribution in [3.63, 3.8) is 0 Å². The second kappa shape index (κ2) is 5.93. The zero-order valence-corrected chi connectivity index (χ0v) is 12.6. The molecule has 0 radical (unpaired) electrons. The largest absolute Gasteiger partial charge is 0.327 e. The fraction of sp³-hybridized carbons (Fsp3) is 0.533. The number of nitrogens with zero attached hydrogens (tertiary/aromatic N) is 2. The van der Waals surface area contributed by atoms with Gasteiger partial charge in [0.1, 0.15) is 5.82 Å². The van der Waals surface area contributed by atoms with Gasteiger partial charge in [-0.1, -0.05) is 24.9 Å². The van der Waals surface area contributed by atoms with Crippen LogP contribution in [0.15, 0.2) is 18.2 Å². The van der Waals surface area contributed by atoms with E-state index in [0.29, 0.717) is 6.04 Å². The summed E-state index contributed by atoms with van der Waals surface area (Å²) >= 11 is 6.04. The van der Waals surface area contributed by atoms with Crippen molar-refractivity contribution < 1.29 is 0 Å².